The minimum absolute atomic E-state index is 0.156. The van der Waals surface area contributed by atoms with Gasteiger partial charge < -0.3 is 44.8 Å². The van der Waals surface area contributed by atoms with Crippen molar-refractivity contribution in [2.75, 3.05) is 39.6 Å². The van der Waals surface area contributed by atoms with Gasteiger partial charge in [0.2, 0.25) is 0 Å². The first kappa shape index (κ1) is 43.4. The number of hydrogen-bond donors (Lipinski definition) is 6. The number of epoxide rings is 3. The number of carbonyl (C=O) groups is 3. The highest BCUT2D eigenvalue weighted by atomic mass is 16.6. The van der Waals surface area contributed by atoms with Crippen molar-refractivity contribution in [2.45, 2.75) is 73.2 Å². The third-order valence-electron chi connectivity index (χ3n) is 4.35. The standard InChI is InChI=1S/C6H14O3.3C4H6O2.3C3H6O/c1-2-6(3-7,4-8)5-9;3*1-3(2)4(5)6;3*1-3-2-4-3/h7-9H,2-5H2,1H3;3*1H2,2H3,(H,5,6);3*3H,2H2,1H3. The number of carboxylic acids is 3. The molecular weight excluding hydrogens is 516 g/mol. The minimum atomic E-state index is -0.935. The van der Waals surface area contributed by atoms with Crippen molar-refractivity contribution in [1.82, 2.24) is 0 Å². The molecule has 12 heteroatoms. The second-order valence-corrected chi connectivity index (χ2v) is 9.02. The fraction of sp³-hybridized carbons (Fsp3) is 0.667. The van der Waals surface area contributed by atoms with Gasteiger partial charge in [0.25, 0.3) is 0 Å². The first-order chi connectivity index (χ1) is 17.9. The molecule has 0 radical (unpaired) electrons. The van der Waals surface area contributed by atoms with Crippen molar-refractivity contribution >= 4 is 17.9 Å². The Labute approximate surface area is 232 Å². The van der Waals surface area contributed by atoms with Crippen LogP contribution in [-0.2, 0) is 28.6 Å². The quantitative estimate of drug-likeness (QED) is 0.194. The summed E-state index contributed by atoms with van der Waals surface area (Å²) in [5.74, 6) is -2.81. The molecule has 3 atom stereocenters. The highest BCUT2D eigenvalue weighted by molar-refractivity contribution is 5.85. The van der Waals surface area contributed by atoms with Gasteiger partial charge in [-0.25, -0.2) is 14.4 Å². The zero-order valence-electron chi connectivity index (χ0n) is 24.4. The number of aliphatic hydroxyl groups is 3. The predicted octanol–water partition coefficient (Wildman–Crippen LogP) is 2.52. The Kier molecular flexibility index (Phi) is 28.6. The number of rotatable bonds is 7. The molecule has 3 rings (SSSR count). The molecule has 0 amide bonds. The lowest BCUT2D eigenvalue weighted by molar-refractivity contribution is -0.133. The average Bonchev–Trinajstić information content (AvgIpc) is 3.75. The lowest BCUT2D eigenvalue weighted by atomic mass is 9.88. The van der Waals surface area contributed by atoms with E-state index in [1.165, 1.54) is 20.8 Å². The largest absolute Gasteiger partial charge is 0.478 e. The summed E-state index contributed by atoms with van der Waals surface area (Å²) >= 11 is 0. The van der Waals surface area contributed by atoms with Gasteiger partial charge in [-0.3, -0.25) is 0 Å². The Balaban J connectivity index is -0.000000186. The number of carboxylic acid groups (broad SMARTS) is 3. The fourth-order valence-electron chi connectivity index (χ4n) is 0.774. The monoisotopic (exact) mass is 566 g/mol. The Morgan fingerprint density at radius 1 is 0.641 bits per heavy atom. The topological polar surface area (TPSA) is 210 Å². The second kappa shape index (κ2) is 25.7. The van der Waals surface area contributed by atoms with Crippen LogP contribution in [0.3, 0.4) is 0 Å². The van der Waals surface area contributed by atoms with Gasteiger partial charge in [-0.1, -0.05) is 26.7 Å². The van der Waals surface area contributed by atoms with E-state index in [4.69, 9.17) is 44.8 Å². The maximum absolute atomic E-state index is 9.60. The van der Waals surface area contributed by atoms with Gasteiger partial charge in [0, 0.05) is 22.1 Å². The van der Waals surface area contributed by atoms with E-state index >= 15 is 0 Å². The van der Waals surface area contributed by atoms with Crippen LogP contribution in [-0.4, -0.2) is 107 Å². The van der Waals surface area contributed by atoms with Gasteiger partial charge in [0.1, 0.15) is 0 Å². The first-order valence-corrected chi connectivity index (χ1v) is 12.2. The van der Waals surface area contributed by atoms with Crippen molar-refractivity contribution < 1.29 is 59.2 Å². The van der Waals surface area contributed by atoms with Gasteiger partial charge in [0.05, 0.1) is 58.0 Å². The van der Waals surface area contributed by atoms with Crippen molar-refractivity contribution in [1.29, 1.82) is 0 Å². The molecule has 0 aromatic rings. The van der Waals surface area contributed by atoms with Crippen molar-refractivity contribution in [2.24, 2.45) is 5.41 Å². The van der Waals surface area contributed by atoms with Crippen LogP contribution in [0.15, 0.2) is 36.5 Å². The second-order valence-electron chi connectivity index (χ2n) is 9.02. The maximum Gasteiger partial charge on any atom is 0.330 e. The van der Waals surface area contributed by atoms with E-state index in [9.17, 15) is 14.4 Å². The van der Waals surface area contributed by atoms with Crippen LogP contribution in [0.25, 0.3) is 0 Å². The van der Waals surface area contributed by atoms with Crippen molar-refractivity contribution in [3.05, 3.63) is 36.5 Å². The predicted molar refractivity (Wildman–Crippen MR) is 148 cm³/mol. The van der Waals surface area contributed by atoms with Crippen LogP contribution in [0.4, 0.5) is 0 Å². The molecule has 3 unspecified atom stereocenters. The van der Waals surface area contributed by atoms with Gasteiger partial charge in [-0.05, 0) is 48.0 Å². The molecule has 3 aliphatic rings. The molecule has 3 heterocycles. The zero-order chi connectivity index (χ0) is 31.8. The molecule has 3 aliphatic heterocycles. The molecular formula is C27H50O12. The van der Waals surface area contributed by atoms with Crippen LogP contribution in [0.2, 0.25) is 0 Å². The summed E-state index contributed by atoms with van der Waals surface area (Å²) in [6.45, 7) is 24.3. The first-order valence-electron chi connectivity index (χ1n) is 12.2. The summed E-state index contributed by atoms with van der Waals surface area (Å²) in [4.78, 5) is 28.8. The Morgan fingerprint density at radius 2 is 0.769 bits per heavy atom. The molecule has 0 bridgehead atoms. The van der Waals surface area contributed by atoms with E-state index in [-0.39, 0.29) is 36.5 Å². The lowest BCUT2D eigenvalue weighted by Crippen LogP contribution is -2.32. The third-order valence-corrected chi connectivity index (χ3v) is 4.35. The summed E-state index contributed by atoms with van der Waals surface area (Å²) in [5, 5.41) is 49.6. The molecule has 0 saturated carbocycles. The number of aliphatic carboxylic acids is 3. The lowest BCUT2D eigenvalue weighted by Gasteiger charge is -2.24. The summed E-state index contributed by atoms with van der Waals surface area (Å²) in [7, 11) is 0. The Hall–Kier alpha value is -2.61. The minimum Gasteiger partial charge on any atom is -0.478 e. The van der Waals surface area contributed by atoms with Crippen molar-refractivity contribution in [3.63, 3.8) is 0 Å². The summed E-state index contributed by atoms with van der Waals surface area (Å²) in [5.41, 5.74) is -0.139. The number of ether oxygens (including phenoxy) is 3. The summed E-state index contributed by atoms with van der Waals surface area (Å²) in [6.07, 6.45) is 2.34. The van der Waals surface area contributed by atoms with E-state index in [2.05, 4.69) is 40.5 Å². The molecule has 230 valence electrons. The van der Waals surface area contributed by atoms with Crippen LogP contribution >= 0.6 is 0 Å². The highest BCUT2D eigenvalue weighted by Crippen LogP contribution is 2.18. The molecule has 0 aliphatic carbocycles. The fourth-order valence-corrected chi connectivity index (χ4v) is 0.774. The van der Waals surface area contributed by atoms with E-state index in [1.807, 2.05) is 6.92 Å². The molecule has 0 aromatic carbocycles. The number of hydrogen-bond acceptors (Lipinski definition) is 9. The third kappa shape index (κ3) is 42.7. The molecule has 3 saturated heterocycles. The molecule has 39 heavy (non-hydrogen) atoms. The smallest absolute Gasteiger partial charge is 0.330 e. The van der Waals surface area contributed by atoms with Crippen LogP contribution in [0, 0.1) is 5.41 Å². The van der Waals surface area contributed by atoms with Crippen LogP contribution in [0.1, 0.15) is 54.9 Å². The van der Waals surface area contributed by atoms with Crippen LogP contribution in [0.5, 0.6) is 0 Å². The van der Waals surface area contributed by atoms with E-state index in [1.54, 1.807) is 0 Å². The SMILES string of the molecule is C=C(C)C(=O)O.C=C(C)C(=O)O.C=C(C)C(=O)O.CC1CO1.CC1CO1.CC1CO1.CCC(CO)(CO)CO. The van der Waals surface area contributed by atoms with Gasteiger partial charge >= 0.3 is 17.9 Å². The van der Waals surface area contributed by atoms with E-state index < -0.39 is 23.3 Å². The van der Waals surface area contributed by atoms with Gasteiger partial charge in [-0.2, -0.15) is 0 Å². The van der Waals surface area contributed by atoms with Gasteiger partial charge in [0.15, 0.2) is 0 Å². The molecule has 0 aromatic heterocycles. The maximum atomic E-state index is 9.60. The normalized spacial score (nSPS) is 18.5. The molecule has 12 nitrogen and oxygen atoms in total. The highest BCUT2D eigenvalue weighted by Gasteiger charge is 2.24. The molecule has 6 N–H and O–H groups in total. The Bertz CT molecular complexity index is 582. The van der Waals surface area contributed by atoms with E-state index in [0.29, 0.717) is 24.7 Å². The van der Waals surface area contributed by atoms with Gasteiger partial charge in [-0.15, -0.1) is 0 Å². The molecule has 3 fully saturated rings. The van der Waals surface area contributed by atoms with Crippen LogP contribution < -0.4 is 0 Å². The number of aliphatic hydroxyl groups excluding tert-OH is 3. The molecule has 0 spiro atoms. The van der Waals surface area contributed by atoms with Crippen molar-refractivity contribution in [3.8, 4) is 0 Å². The Morgan fingerprint density at radius 3 is 0.769 bits per heavy atom. The summed E-state index contributed by atoms with van der Waals surface area (Å²) in [6, 6.07) is 0. The zero-order valence-corrected chi connectivity index (χ0v) is 24.4. The van der Waals surface area contributed by atoms with E-state index in [0.717, 1.165) is 19.8 Å². The summed E-state index contributed by atoms with van der Waals surface area (Å²) < 4.78 is 14.1. The average molecular weight is 567 g/mol.